The summed E-state index contributed by atoms with van der Waals surface area (Å²) in [6.07, 6.45) is 6.47. The van der Waals surface area contributed by atoms with Crippen molar-refractivity contribution in [3.63, 3.8) is 0 Å². The monoisotopic (exact) mass is 318 g/mol. The van der Waals surface area contributed by atoms with Crippen molar-refractivity contribution in [2.45, 2.75) is 44.1 Å². The zero-order valence-electron chi connectivity index (χ0n) is 12.9. The van der Waals surface area contributed by atoms with E-state index in [9.17, 15) is 4.79 Å². The topological polar surface area (TPSA) is 32.3 Å². The standard InChI is InChI=1S/C18H23ClN2O/c19-15-4-2-14(3-5-15)12-17(6-7-17)16(22)20-18(8-9-18)13-21-10-1-11-21/h2-5H,1,6-13H2,(H,20,22). The second-order valence-corrected chi connectivity index (χ2v) is 7.88. The Morgan fingerprint density at radius 2 is 1.82 bits per heavy atom. The lowest BCUT2D eigenvalue weighted by Gasteiger charge is -2.35. The number of carbonyl (C=O) groups is 1. The lowest BCUT2D eigenvalue weighted by Crippen LogP contribution is -2.51. The van der Waals surface area contributed by atoms with Crippen molar-refractivity contribution in [3.05, 3.63) is 34.9 Å². The van der Waals surface area contributed by atoms with E-state index in [0.717, 1.165) is 43.7 Å². The molecule has 1 heterocycles. The molecule has 3 nitrogen and oxygen atoms in total. The van der Waals surface area contributed by atoms with Crippen molar-refractivity contribution in [1.82, 2.24) is 10.2 Å². The molecule has 1 N–H and O–H groups in total. The van der Waals surface area contributed by atoms with Crippen LogP contribution in [0.5, 0.6) is 0 Å². The van der Waals surface area contributed by atoms with Crippen LogP contribution in [0.3, 0.4) is 0 Å². The number of carbonyl (C=O) groups excluding carboxylic acids is 1. The normalized spacial score (nSPS) is 24.4. The van der Waals surface area contributed by atoms with Gasteiger partial charge in [0.05, 0.1) is 11.0 Å². The van der Waals surface area contributed by atoms with Crippen molar-refractivity contribution < 1.29 is 4.79 Å². The first-order valence-corrected chi connectivity index (χ1v) is 8.77. The van der Waals surface area contributed by atoms with Crippen LogP contribution in [0, 0.1) is 5.41 Å². The number of hydrogen-bond acceptors (Lipinski definition) is 2. The molecule has 1 saturated heterocycles. The van der Waals surface area contributed by atoms with Crippen LogP contribution in [0.15, 0.2) is 24.3 Å². The highest BCUT2D eigenvalue weighted by molar-refractivity contribution is 6.30. The fraction of sp³-hybridized carbons (Fsp3) is 0.611. The van der Waals surface area contributed by atoms with E-state index in [2.05, 4.69) is 10.2 Å². The van der Waals surface area contributed by atoms with Gasteiger partial charge in [0, 0.05) is 11.6 Å². The van der Waals surface area contributed by atoms with Crippen LogP contribution in [-0.4, -0.2) is 36.0 Å². The van der Waals surface area contributed by atoms with Crippen molar-refractivity contribution >= 4 is 17.5 Å². The molecular weight excluding hydrogens is 296 g/mol. The Hall–Kier alpha value is -1.06. The van der Waals surface area contributed by atoms with Gasteiger partial charge in [0.1, 0.15) is 0 Å². The predicted molar refractivity (Wildman–Crippen MR) is 88.0 cm³/mol. The Morgan fingerprint density at radius 1 is 1.14 bits per heavy atom. The van der Waals surface area contributed by atoms with Crippen LogP contribution < -0.4 is 5.32 Å². The number of rotatable bonds is 6. The molecule has 2 saturated carbocycles. The molecule has 0 unspecified atom stereocenters. The highest BCUT2D eigenvalue weighted by Crippen LogP contribution is 2.50. The molecule has 118 valence electrons. The zero-order chi connectivity index (χ0) is 15.2. The molecule has 1 amide bonds. The molecule has 2 aliphatic carbocycles. The van der Waals surface area contributed by atoms with E-state index in [1.165, 1.54) is 25.1 Å². The summed E-state index contributed by atoms with van der Waals surface area (Å²) in [4.78, 5) is 15.3. The third kappa shape index (κ3) is 2.89. The van der Waals surface area contributed by atoms with Crippen LogP contribution in [0.2, 0.25) is 5.02 Å². The lowest BCUT2D eigenvalue weighted by atomic mass is 9.95. The van der Waals surface area contributed by atoms with Crippen LogP contribution in [-0.2, 0) is 11.2 Å². The molecule has 0 aromatic heterocycles. The van der Waals surface area contributed by atoms with Gasteiger partial charge in [-0.15, -0.1) is 0 Å². The summed E-state index contributed by atoms with van der Waals surface area (Å²) in [7, 11) is 0. The van der Waals surface area contributed by atoms with Gasteiger partial charge in [0.2, 0.25) is 5.91 Å². The van der Waals surface area contributed by atoms with E-state index < -0.39 is 0 Å². The van der Waals surface area contributed by atoms with E-state index in [-0.39, 0.29) is 16.9 Å². The van der Waals surface area contributed by atoms with E-state index in [1.54, 1.807) is 0 Å². The second-order valence-electron chi connectivity index (χ2n) is 7.45. The van der Waals surface area contributed by atoms with Gasteiger partial charge in [-0.1, -0.05) is 23.7 Å². The van der Waals surface area contributed by atoms with Crippen molar-refractivity contribution in [2.24, 2.45) is 5.41 Å². The van der Waals surface area contributed by atoms with Crippen molar-refractivity contribution in [2.75, 3.05) is 19.6 Å². The highest BCUT2D eigenvalue weighted by atomic mass is 35.5. The Morgan fingerprint density at radius 3 is 2.32 bits per heavy atom. The van der Waals surface area contributed by atoms with Gasteiger partial charge in [-0.3, -0.25) is 4.79 Å². The minimum Gasteiger partial charge on any atom is -0.349 e. The minimum absolute atomic E-state index is 0.0904. The maximum absolute atomic E-state index is 12.8. The Labute approximate surface area is 137 Å². The molecule has 1 aliphatic heterocycles. The Bertz CT molecular complexity index is 571. The summed E-state index contributed by atoms with van der Waals surface area (Å²) in [5.41, 5.74) is 1.15. The largest absolute Gasteiger partial charge is 0.349 e. The van der Waals surface area contributed by atoms with Gasteiger partial charge in [-0.2, -0.15) is 0 Å². The fourth-order valence-corrected chi connectivity index (χ4v) is 3.57. The van der Waals surface area contributed by atoms with Crippen LogP contribution >= 0.6 is 11.6 Å². The molecule has 0 radical (unpaired) electrons. The Kier molecular flexibility index (Phi) is 3.46. The fourth-order valence-electron chi connectivity index (χ4n) is 3.44. The highest BCUT2D eigenvalue weighted by Gasteiger charge is 2.54. The molecule has 4 heteroatoms. The number of halogens is 1. The number of nitrogens with one attached hydrogen (secondary N) is 1. The lowest BCUT2D eigenvalue weighted by molar-refractivity contribution is -0.127. The number of likely N-dealkylation sites (tertiary alicyclic amines) is 1. The molecule has 3 fully saturated rings. The molecule has 22 heavy (non-hydrogen) atoms. The minimum atomic E-state index is -0.154. The first-order chi connectivity index (χ1) is 10.6. The third-order valence-electron chi connectivity index (χ3n) is 5.50. The molecule has 4 rings (SSSR count). The molecule has 3 aliphatic rings. The molecule has 1 aromatic rings. The number of amides is 1. The summed E-state index contributed by atoms with van der Waals surface area (Å²) in [6, 6.07) is 7.92. The number of nitrogens with zero attached hydrogens (tertiary/aromatic N) is 1. The average Bonchev–Trinajstić information content (AvgIpc) is 3.35. The van der Waals surface area contributed by atoms with Gasteiger partial charge in [-0.25, -0.2) is 0 Å². The summed E-state index contributed by atoms with van der Waals surface area (Å²) in [5, 5.41) is 4.15. The SMILES string of the molecule is O=C(NC1(CN2CCC2)CC1)C1(Cc2ccc(Cl)cc2)CC1. The molecule has 1 aromatic carbocycles. The second kappa shape index (κ2) is 5.24. The summed E-state index contributed by atoms with van der Waals surface area (Å²) < 4.78 is 0. The van der Waals surface area contributed by atoms with Crippen LogP contribution in [0.25, 0.3) is 0 Å². The van der Waals surface area contributed by atoms with Crippen molar-refractivity contribution in [1.29, 1.82) is 0 Å². The predicted octanol–water partition coefficient (Wildman–Crippen LogP) is 3.02. The zero-order valence-corrected chi connectivity index (χ0v) is 13.7. The molecule has 0 spiro atoms. The molecule has 0 atom stereocenters. The van der Waals surface area contributed by atoms with E-state index in [4.69, 9.17) is 11.6 Å². The van der Waals surface area contributed by atoms with Crippen LogP contribution in [0.4, 0.5) is 0 Å². The maximum Gasteiger partial charge on any atom is 0.227 e. The first-order valence-electron chi connectivity index (χ1n) is 8.39. The number of hydrogen-bond donors (Lipinski definition) is 1. The Balaban J connectivity index is 1.38. The van der Waals surface area contributed by atoms with E-state index in [1.807, 2.05) is 24.3 Å². The average molecular weight is 319 g/mol. The molecular formula is C18H23ClN2O. The smallest absolute Gasteiger partial charge is 0.227 e. The van der Waals surface area contributed by atoms with E-state index >= 15 is 0 Å². The third-order valence-corrected chi connectivity index (χ3v) is 5.75. The van der Waals surface area contributed by atoms with Gasteiger partial charge in [0.25, 0.3) is 0 Å². The van der Waals surface area contributed by atoms with Gasteiger partial charge < -0.3 is 10.2 Å². The number of benzene rings is 1. The summed E-state index contributed by atoms with van der Waals surface area (Å²) >= 11 is 5.94. The first kappa shape index (κ1) is 14.5. The summed E-state index contributed by atoms with van der Waals surface area (Å²) in [5.74, 6) is 0.278. The maximum atomic E-state index is 12.8. The van der Waals surface area contributed by atoms with Gasteiger partial charge in [0.15, 0.2) is 0 Å². The van der Waals surface area contributed by atoms with Gasteiger partial charge in [-0.05, 0) is 69.3 Å². The summed E-state index contributed by atoms with van der Waals surface area (Å²) in [6.45, 7) is 3.46. The molecule has 0 bridgehead atoms. The van der Waals surface area contributed by atoms with Crippen LogP contribution in [0.1, 0.15) is 37.7 Å². The van der Waals surface area contributed by atoms with E-state index in [0.29, 0.717) is 0 Å². The quantitative estimate of drug-likeness (QED) is 0.874. The van der Waals surface area contributed by atoms with Gasteiger partial charge >= 0.3 is 0 Å². The van der Waals surface area contributed by atoms with Crippen molar-refractivity contribution in [3.8, 4) is 0 Å².